The van der Waals surface area contributed by atoms with Gasteiger partial charge in [0.25, 0.3) is 10.0 Å². The number of halogens is 1. The molecular formula is C31H36ClN3O4S. The third-order valence-electron chi connectivity index (χ3n) is 7.38. The van der Waals surface area contributed by atoms with Crippen LogP contribution < -0.4 is 9.62 Å². The van der Waals surface area contributed by atoms with Crippen molar-refractivity contribution >= 4 is 39.1 Å². The molecule has 0 spiro atoms. The highest BCUT2D eigenvalue weighted by Gasteiger charge is 2.33. The predicted molar refractivity (Wildman–Crippen MR) is 159 cm³/mol. The Hall–Kier alpha value is -3.36. The van der Waals surface area contributed by atoms with E-state index in [1.165, 1.54) is 17.0 Å². The molecule has 0 bridgehead atoms. The third kappa shape index (κ3) is 7.23. The topological polar surface area (TPSA) is 86.8 Å². The summed E-state index contributed by atoms with van der Waals surface area (Å²) in [5, 5.41) is 3.67. The first-order chi connectivity index (χ1) is 19.2. The highest BCUT2D eigenvalue weighted by atomic mass is 35.5. The number of aryl methyl sites for hydroxylation is 1. The highest BCUT2D eigenvalue weighted by Crippen LogP contribution is 2.27. The first-order valence-electron chi connectivity index (χ1n) is 13.6. The molecule has 212 valence electrons. The number of benzene rings is 3. The first kappa shape index (κ1) is 29.6. The summed E-state index contributed by atoms with van der Waals surface area (Å²) in [7, 11) is -4.08. The Morgan fingerprint density at radius 2 is 1.55 bits per heavy atom. The van der Waals surface area contributed by atoms with E-state index >= 15 is 0 Å². The molecule has 9 heteroatoms. The molecule has 1 unspecified atom stereocenters. The SMILES string of the molecule is Cc1ccccc1N(CC(=O)N(Cc1ccc(Cl)cc1)C(C)C(=O)NC1CCCCC1)S(=O)(=O)c1ccccc1. The minimum Gasteiger partial charge on any atom is -0.352 e. The molecule has 4 rings (SSSR count). The van der Waals surface area contributed by atoms with Crippen LogP contribution in [0.5, 0.6) is 0 Å². The second-order valence-corrected chi connectivity index (χ2v) is 12.6. The number of amides is 2. The van der Waals surface area contributed by atoms with Gasteiger partial charge in [-0.2, -0.15) is 0 Å². The van der Waals surface area contributed by atoms with Crippen LogP contribution in [0.3, 0.4) is 0 Å². The van der Waals surface area contributed by atoms with Crippen molar-refractivity contribution in [2.75, 3.05) is 10.8 Å². The number of hydrogen-bond acceptors (Lipinski definition) is 4. The Balaban J connectivity index is 1.67. The van der Waals surface area contributed by atoms with E-state index in [4.69, 9.17) is 11.6 Å². The maximum absolute atomic E-state index is 14.0. The van der Waals surface area contributed by atoms with Gasteiger partial charge in [-0.15, -0.1) is 0 Å². The van der Waals surface area contributed by atoms with Crippen LogP contribution in [0.4, 0.5) is 5.69 Å². The molecule has 3 aromatic carbocycles. The Morgan fingerprint density at radius 1 is 0.925 bits per heavy atom. The van der Waals surface area contributed by atoms with Crippen LogP contribution in [0, 0.1) is 6.92 Å². The van der Waals surface area contributed by atoms with E-state index in [0.717, 1.165) is 42.0 Å². The van der Waals surface area contributed by atoms with Crippen molar-refractivity contribution in [3.8, 4) is 0 Å². The number of carbonyl (C=O) groups excluding carboxylic acids is 2. The van der Waals surface area contributed by atoms with Crippen LogP contribution in [0.25, 0.3) is 0 Å². The Morgan fingerprint density at radius 3 is 2.20 bits per heavy atom. The van der Waals surface area contributed by atoms with Gasteiger partial charge >= 0.3 is 0 Å². The maximum Gasteiger partial charge on any atom is 0.264 e. The van der Waals surface area contributed by atoms with E-state index in [-0.39, 0.29) is 23.4 Å². The summed E-state index contributed by atoms with van der Waals surface area (Å²) in [4.78, 5) is 28.9. The molecule has 40 heavy (non-hydrogen) atoms. The quantitative estimate of drug-likeness (QED) is 0.332. The van der Waals surface area contributed by atoms with Gasteiger partial charge in [0.15, 0.2) is 0 Å². The number of carbonyl (C=O) groups is 2. The van der Waals surface area contributed by atoms with Crippen molar-refractivity contribution in [3.63, 3.8) is 0 Å². The van der Waals surface area contributed by atoms with Crippen LogP contribution in [0.15, 0.2) is 83.8 Å². The lowest BCUT2D eigenvalue weighted by molar-refractivity contribution is -0.139. The van der Waals surface area contributed by atoms with Gasteiger partial charge in [0.2, 0.25) is 11.8 Å². The van der Waals surface area contributed by atoms with E-state index in [0.29, 0.717) is 16.3 Å². The number of para-hydroxylation sites is 1. The molecule has 0 heterocycles. The lowest BCUT2D eigenvalue weighted by Crippen LogP contribution is -2.53. The van der Waals surface area contributed by atoms with Gasteiger partial charge in [-0.25, -0.2) is 8.42 Å². The molecule has 0 aromatic heterocycles. The third-order valence-corrected chi connectivity index (χ3v) is 9.41. The van der Waals surface area contributed by atoms with Crippen molar-refractivity contribution in [2.45, 2.75) is 69.5 Å². The van der Waals surface area contributed by atoms with Gasteiger partial charge in [0.1, 0.15) is 12.6 Å². The zero-order valence-corrected chi connectivity index (χ0v) is 24.5. The largest absolute Gasteiger partial charge is 0.352 e. The molecule has 0 aliphatic heterocycles. The van der Waals surface area contributed by atoms with Crippen LogP contribution >= 0.6 is 11.6 Å². The fraction of sp³-hybridized carbons (Fsp3) is 0.355. The Labute approximate surface area is 242 Å². The molecule has 7 nitrogen and oxygen atoms in total. The minimum atomic E-state index is -4.08. The van der Waals surface area contributed by atoms with E-state index in [9.17, 15) is 18.0 Å². The predicted octanol–water partition coefficient (Wildman–Crippen LogP) is 5.71. The summed E-state index contributed by atoms with van der Waals surface area (Å²) >= 11 is 6.07. The second-order valence-electron chi connectivity index (χ2n) is 10.3. The first-order valence-corrected chi connectivity index (χ1v) is 15.5. The number of rotatable bonds is 10. The summed E-state index contributed by atoms with van der Waals surface area (Å²) < 4.78 is 28.9. The van der Waals surface area contributed by atoms with E-state index in [1.807, 2.05) is 6.07 Å². The second kappa shape index (κ2) is 13.3. The van der Waals surface area contributed by atoms with Crippen LogP contribution in [-0.2, 0) is 26.2 Å². The summed E-state index contributed by atoms with van der Waals surface area (Å²) in [6.45, 7) is 3.16. The molecule has 0 saturated heterocycles. The van der Waals surface area contributed by atoms with Gasteiger partial charge in [0, 0.05) is 17.6 Å². The summed E-state index contributed by atoms with van der Waals surface area (Å²) in [5.74, 6) is -0.730. The number of sulfonamides is 1. The summed E-state index contributed by atoms with van der Waals surface area (Å²) in [6.07, 6.45) is 5.12. The lowest BCUT2D eigenvalue weighted by atomic mass is 9.95. The normalized spacial score (nSPS) is 14.8. The Kier molecular flexibility index (Phi) is 9.87. The van der Waals surface area contributed by atoms with Crippen molar-refractivity contribution in [3.05, 3.63) is 95.0 Å². The summed E-state index contributed by atoms with van der Waals surface area (Å²) in [5.41, 5.74) is 1.90. The standard InChI is InChI=1S/C31H36ClN3O4S/c1-23-11-9-10-16-29(23)35(40(38,39)28-14-7-4-8-15-28)22-30(36)34(21-25-17-19-26(32)20-18-25)24(2)31(37)33-27-12-5-3-6-13-27/h4,7-11,14-20,24,27H,3,5-6,12-13,21-22H2,1-2H3,(H,33,37). The smallest absolute Gasteiger partial charge is 0.264 e. The molecule has 3 aromatic rings. The molecule has 0 radical (unpaired) electrons. The molecule has 1 atom stereocenters. The summed E-state index contributed by atoms with van der Waals surface area (Å²) in [6, 6.07) is 21.4. The van der Waals surface area contributed by atoms with Crippen LogP contribution in [0.1, 0.15) is 50.2 Å². The monoisotopic (exact) mass is 581 g/mol. The molecule has 1 saturated carbocycles. The van der Waals surface area contributed by atoms with Crippen LogP contribution in [-0.4, -0.2) is 43.8 Å². The molecule has 2 amide bonds. The van der Waals surface area contributed by atoms with Gasteiger partial charge in [-0.3, -0.25) is 13.9 Å². The molecule has 1 aliphatic carbocycles. The van der Waals surface area contributed by atoms with Crippen molar-refractivity contribution < 1.29 is 18.0 Å². The fourth-order valence-corrected chi connectivity index (χ4v) is 6.64. The van der Waals surface area contributed by atoms with E-state index in [1.54, 1.807) is 74.5 Å². The zero-order valence-electron chi connectivity index (χ0n) is 22.9. The molecule has 1 aliphatic rings. The number of hydrogen-bond donors (Lipinski definition) is 1. The van der Waals surface area contributed by atoms with Gasteiger partial charge in [-0.05, 0) is 68.1 Å². The average Bonchev–Trinajstić information content (AvgIpc) is 2.96. The maximum atomic E-state index is 14.0. The number of anilines is 1. The van der Waals surface area contributed by atoms with Crippen LogP contribution in [0.2, 0.25) is 5.02 Å². The Bertz CT molecular complexity index is 1410. The van der Waals surface area contributed by atoms with Gasteiger partial charge in [-0.1, -0.05) is 79.4 Å². The number of nitrogens with one attached hydrogen (secondary N) is 1. The molecule has 1 fully saturated rings. The lowest BCUT2D eigenvalue weighted by Gasteiger charge is -2.33. The van der Waals surface area contributed by atoms with E-state index in [2.05, 4.69) is 5.32 Å². The number of nitrogens with zero attached hydrogens (tertiary/aromatic N) is 2. The van der Waals surface area contributed by atoms with Gasteiger partial charge in [0.05, 0.1) is 10.6 Å². The molecule has 1 N–H and O–H groups in total. The van der Waals surface area contributed by atoms with Crippen molar-refractivity contribution in [2.24, 2.45) is 0 Å². The van der Waals surface area contributed by atoms with Crippen molar-refractivity contribution in [1.29, 1.82) is 0 Å². The molecular weight excluding hydrogens is 546 g/mol. The zero-order chi connectivity index (χ0) is 28.7. The fourth-order valence-electron chi connectivity index (χ4n) is 5.01. The average molecular weight is 582 g/mol. The van der Waals surface area contributed by atoms with E-state index < -0.39 is 28.5 Å². The highest BCUT2D eigenvalue weighted by molar-refractivity contribution is 7.92. The minimum absolute atomic E-state index is 0.0816. The van der Waals surface area contributed by atoms with Gasteiger partial charge < -0.3 is 10.2 Å². The van der Waals surface area contributed by atoms with Crippen molar-refractivity contribution in [1.82, 2.24) is 10.2 Å².